The average molecular weight is 340 g/mol. The molecule has 9 heteroatoms. The highest BCUT2D eigenvalue weighted by atomic mass is 79.9. The molecule has 2 N–H and O–H groups in total. The van der Waals surface area contributed by atoms with E-state index in [0.717, 1.165) is 6.07 Å². The Morgan fingerprint density at radius 2 is 2.00 bits per heavy atom. The summed E-state index contributed by atoms with van der Waals surface area (Å²) >= 11 is 2.95. The summed E-state index contributed by atoms with van der Waals surface area (Å²) in [5.41, 5.74) is 5.89. The van der Waals surface area contributed by atoms with E-state index >= 15 is 0 Å². The highest BCUT2D eigenvalue weighted by molar-refractivity contribution is 9.10. The molecule has 2 rings (SSSR count). The summed E-state index contributed by atoms with van der Waals surface area (Å²) in [5, 5.41) is 3.15. The number of nitrogens with two attached hydrogens (primary N) is 1. The molecule has 0 radical (unpaired) electrons. The molecule has 0 aliphatic heterocycles. The first-order valence-electron chi connectivity index (χ1n) is 4.90. The number of benzene rings is 1. The van der Waals surface area contributed by atoms with Crippen molar-refractivity contribution in [1.29, 1.82) is 0 Å². The molecule has 102 valence electrons. The molecular weight excluding hydrogens is 334 g/mol. The number of hydrogen-bond acceptors (Lipinski definition) is 4. The predicted molar refractivity (Wildman–Crippen MR) is 59.4 cm³/mol. The lowest BCUT2D eigenvalue weighted by molar-refractivity contribution is -0.159. The fourth-order valence-electron chi connectivity index (χ4n) is 1.33. The van der Waals surface area contributed by atoms with Crippen molar-refractivity contribution in [2.24, 2.45) is 5.73 Å². The van der Waals surface area contributed by atoms with Crippen molar-refractivity contribution in [2.75, 3.05) is 0 Å². The number of alkyl halides is 3. The van der Waals surface area contributed by atoms with Crippen molar-refractivity contribution in [2.45, 2.75) is 12.2 Å². The normalized spacial score (nSPS) is 13.6. The molecule has 0 bridgehead atoms. The van der Waals surface area contributed by atoms with Gasteiger partial charge in [-0.15, -0.1) is 0 Å². The van der Waals surface area contributed by atoms with Gasteiger partial charge in [-0.05, 0) is 33.6 Å². The van der Waals surface area contributed by atoms with Crippen LogP contribution in [0.3, 0.4) is 0 Å². The maximum atomic E-state index is 13.3. The van der Waals surface area contributed by atoms with Crippen molar-refractivity contribution < 1.29 is 22.1 Å². The van der Waals surface area contributed by atoms with Gasteiger partial charge in [0.1, 0.15) is 5.82 Å². The second-order valence-corrected chi connectivity index (χ2v) is 4.46. The smallest absolute Gasteiger partial charge is 0.329 e. The van der Waals surface area contributed by atoms with Crippen LogP contribution >= 0.6 is 15.9 Å². The molecule has 0 fully saturated rings. The second-order valence-electron chi connectivity index (χ2n) is 3.61. The van der Waals surface area contributed by atoms with Crippen LogP contribution in [0.1, 0.15) is 23.3 Å². The van der Waals surface area contributed by atoms with Crippen molar-refractivity contribution in [1.82, 2.24) is 10.1 Å². The highest BCUT2D eigenvalue weighted by Crippen LogP contribution is 2.29. The molecule has 0 amide bonds. The number of aromatic nitrogens is 2. The molecule has 1 unspecified atom stereocenters. The van der Waals surface area contributed by atoms with Crippen LogP contribution in [0.15, 0.2) is 27.2 Å². The van der Waals surface area contributed by atoms with Gasteiger partial charge in [0.15, 0.2) is 5.82 Å². The van der Waals surface area contributed by atoms with Gasteiger partial charge in [0.05, 0.1) is 10.5 Å². The lowest BCUT2D eigenvalue weighted by atomic mass is 10.1. The zero-order valence-electron chi connectivity index (χ0n) is 9.08. The van der Waals surface area contributed by atoms with Gasteiger partial charge in [-0.2, -0.15) is 18.2 Å². The van der Waals surface area contributed by atoms with E-state index in [1.807, 2.05) is 0 Å². The Labute approximate surface area is 112 Å². The van der Waals surface area contributed by atoms with E-state index in [2.05, 4.69) is 30.6 Å². The van der Waals surface area contributed by atoms with E-state index in [-0.39, 0.29) is 15.9 Å². The van der Waals surface area contributed by atoms with Crippen molar-refractivity contribution in [3.63, 3.8) is 0 Å². The number of nitrogens with zero attached hydrogens (tertiary/aromatic N) is 2. The molecular formula is C10H6BrF4N3O. The number of rotatable bonds is 2. The second kappa shape index (κ2) is 4.89. The van der Waals surface area contributed by atoms with Crippen LogP contribution in [-0.2, 0) is 6.18 Å². The molecule has 1 heterocycles. The minimum atomic E-state index is -4.74. The Balaban J connectivity index is 2.31. The van der Waals surface area contributed by atoms with Gasteiger partial charge in [0, 0.05) is 0 Å². The lowest BCUT2D eigenvalue weighted by Gasteiger charge is -2.07. The van der Waals surface area contributed by atoms with E-state index in [9.17, 15) is 17.6 Å². The minimum Gasteiger partial charge on any atom is -0.329 e. The van der Waals surface area contributed by atoms with Crippen LogP contribution in [0.25, 0.3) is 0 Å². The molecule has 0 aliphatic carbocycles. The first-order valence-corrected chi connectivity index (χ1v) is 5.69. The maximum Gasteiger partial charge on any atom is 0.471 e. The molecule has 2 aromatic rings. The third-order valence-electron chi connectivity index (χ3n) is 2.27. The van der Waals surface area contributed by atoms with Gasteiger partial charge >= 0.3 is 12.1 Å². The lowest BCUT2D eigenvalue weighted by Crippen LogP contribution is -2.14. The Hall–Kier alpha value is -1.48. The van der Waals surface area contributed by atoms with Gasteiger partial charge in [-0.25, -0.2) is 4.39 Å². The summed E-state index contributed by atoms with van der Waals surface area (Å²) in [6, 6.07) is 2.80. The topological polar surface area (TPSA) is 64.9 Å². The van der Waals surface area contributed by atoms with Crippen LogP contribution < -0.4 is 5.73 Å². The Morgan fingerprint density at radius 3 is 2.53 bits per heavy atom. The maximum absolute atomic E-state index is 13.3. The molecule has 0 saturated heterocycles. The zero-order chi connectivity index (χ0) is 14.2. The molecule has 1 aromatic heterocycles. The SMILES string of the molecule is NC(c1ccc(Br)c(F)c1)c1noc(C(F)(F)F)n1. The van der Waals surface area contributed by atoms with Crippen LogP contribution in [0.4, 0.5) is 17.6 Å². The zero-order valence-corrected chi connectivity index (χ0v) is 10.7. The van der Waals surface area contributed by atoms with Crippen molar-refractivity contribution in [3.8, 4) is 0 Å². The highest BCUT2D eigenvalue weighted by Gasteiger charge is 2.39. The summed E-state index contributed by atoms with van der Waals surface area (Å²) in [7, 11) is 0. The standard InChI is InChI=1S/C10H6BrF4N3O/c11-5-2-1-4(3-6(5)12)7(16)8-17-9(19-18-8)10(13,14)15/h1-3,7H,16H2. The molecule has 4 nitrogen and oxygen atoms in total. The minimum absolute atomic E-state index is 0.215. The summed E-state index contributed by atoms with van der Waals surface area (Å²) in [5.74, 6) is -2.45. The van der Waals surface area contributed by atoms with E-state index in [1.54, 1.807) is 0 Å². The Bertz CT molecular complexity index is 599. The van der Waals surface area contributed by atoms with Crippen LogP contribution in [0.5, 0.6) is 0 Å². The quantitative estimate of drug-likeness (QED) is 0.854. The van der Waals surface area contributed by atoms with E-state index in [1.165, 1.54) is 12.1 Å². The van der Waals surface area contributed by atoms with E-state index in [4.69, 9.17) is 5.73 Å². The third kappa shape index (κ3) is 2.92. The molecule has 1 aromatic carbocycles. The van der Waals surface area contributed by atoms with Gasteiger partial charge in [0.25, 0.3) is 0 Å². The van der Waals surface area contributed by atoms with Gasteiger partial charge in [0.2, 0.25) is 0 Å². The summed E-state index contributed by atoms with van der Waals surface area (Å²) in [6.45, 7) is 0. The molecule has 0 saturated carbocycles. The number of halogens is 5. The van der Waals surface area contributed by atoms with Crippen molar-refractivity contribution in [3.05, 3.63) is 45.8 Å². The predicted octanol–water partition coefficient (Wildman–Crippen LogP) is 3.04. The first kappa shape index (κ1) is 13.9. The Kier molecular flexibility index (Phi) is 3.59. The molecule has 0 spiro atoms. The average Bonchev–Trinajstić information content (AvgIpc) is 2.81. The fraction of sp³-hybridized carbons (Fsp3) is 0.200. The molecule has 0 aliphatic rings. The largest absolute Gasteiger partial charge is 0.471 e. The summed E-state index contributed by atoms with van der Waals surface area (Å²) < 4.78 is 54.4. The molecule has 1 atom stereocenters. The fourth-order valence-corrected chi connectivity index (χ4v) is 1.58. The Morgan fingerprint density at radius 1 is 1.32 bits per heavy atom. The van der Waals surface area contributed by atoms with Crippen LogP contribution in [-0.4, -0.2) is 10.1 Å². The van der Waals surface area contributed by atoms with Crippen molar-refractivity contribution >= 4 is 15.9 Å². The summed E-state index contributed by atoms with van der Waals surface area (Å²) in [4.78, 5) is 3.15. The van der Waals surface area contributed by atoms with E-state index in [0.29, 0.717) is 0 Å². The monoisotopic (exact) mass is 339 g/mol. The first-order chi connectivity index (χ1) is 8.79. The number of hydrogen-bond donors (Lipinski definition) is 1. The van der Waals surface area contributed by atoms with E-state index < -0.39 is 23.9 Å². The van der Waals surface area contributed by atoms with Gasteiger partial charge in [-0.1, -0.05) is 11.2 Å². The summed E-state index contributed by atoms with van der Waals surface area (Å²) in [6.07, 6.45) is -4.74. The van der Waals surface area contributed by atoms with Crippen LogP contribution in [0, 0.1) is 5.82 Å². The van der Waals surface area contributed by atoms with Crippen LogP contribution in [0.2, 0.25) is 0 Å². The third-order valence-corrected chi connectivity index (χ3v) is 2.91. The van der Waals surface area contributed by atoms with Gasteiger partial charge < -0.3 is 10.3 Å². The molecule has 19 heavy (non-hydrogen) atoms. The van der Waals surface area contributed by atoms with Gasteiger partial charge in [-0.3, -0.25) is 0 Å².